The van der Waals surface area contributed by atoms with Crippen molar-refractivity contribution in [3.8, 4) is 0 Å². The summed E-state index contributed by atoms with van der Waals surface area (Å²) in [5.41, 5.74) is 0.139. The van der Waals surface area contributed by atoms with Crippen LogP contribution in [0.2, 0.25) is 0 Å². The van der Waals surface area contributed by atoms with Gasteiger partial charge in [0.05, 0.1) is 18.1 Å². The van der Waals surface area contributed by atoms with E-state index in [2.05, 4.69) is 26.0 Å². The Morgan fingerprint density at radius 3 is 2.23 bits per heavy atom. The van der Waals surface area contributed by atoms with Crippen LogP contribution >= 0.6 is 0 Å². The van der Waals surface area contributed by atoms with Crippen molar-refractivity contribution in [2.24, 2.45) is 11.8 Å². The van der Waals surface area contributed by atoms with E-state index < -0.39 is 17.7 Å². The molecule has 0 heterocycles. The van der Waals surface area contributed by atoms with Gasteiger partial charge in [-0.25, -0.2) is 0 Å². The van der Waals surface area contributed by atoms with Crippen LogP contribution in [-0.4, -0.2) is 33.0 Å². The molecule has 0 radical (unpaired) electrons. The molecule has 3 N–H and O–H groups in total. The average molecular weight is 369 g/mol. The number of carbonyl (C=O) groups is 1. The lowest BCUT2D eigenvalue weighted by molar-refractivity contribution is -0.140. The molecular weight excluding hydrogens is 328 g/mol. The summed E-state index contributed by atoms with van der Waals surface area (Å²) in [5, 5.41) is 30.1. The minimum Gasteiger partial charge on any atom is -0.481 e. The summed E-state index contributed by atoms with van der Waals surface area (Å²) in [6.07, 6.45) is 11.0. The normalized spacial score (nSPS) is 18.5. The van der Waals surface area contributed by atoms with Crippen LogP contribution in [0.1, 0.15) is 86.0 Å². The third-order valence-corrected chi connectivity index (χ3v) is 5.17. The van der Waals surface area contributed by atoms with Crippen molar-refractivity contribution in [2.45, 2.75) is 97.7 Å². The molecule has 0 saturated carbocycles. The zero-order valence-electron chi connectivity index (χ0n) is 17.4. The Morgan fingerprint density at radius 1 is 1.12 bits per heavy atom. The number of aliphatic hydroxyl groups excluding tert-OH is 1. The van der Waals surface area contributed by atoms with Gasteiger partial charge >= 0.3 is 5.97 Å². The maximum absolute atomic E-state index is 11.0. The van der Waals surface area contributed by atoms with E-state index >= 15 is 0 Å². The second-order valence-electron chi connectivity index (χ2n) is 7.57. The number of unbranched alkanes of at least 4 members (excludes halogenated alkanes) is 1. The molecule has 0 aromatic rings. The van der Waals surface area contributed by atoms with Gasteiger partial charge in [-0.1, -0.05) is 64.3 Å². The Bertz CT molecular complexity index is 455. The number of hydrogen-bond acceptors (Lipinski definition) is 3. The first-order chi connectivity index (χ1) is 12.2. The van der Waals surface area contributed by atoms with Crippen LogP contribution in [0.15, 0.2) is 23.8 Å². The fourth-order valence-corrected chi connectivity index (χ4v) is 3.39. The molecule has 0 spiro atoms. The lowest BCUT2D eigenvalue weighted by atomic mass is 9.81. The van der Waals surface area contributed by atoms with E-state index in [1.165, 1.54) is 0 Å². The van der Waals surface area contributed by atoms with Gasteiger partial charge in [0.2, 0.25) is 0 Å². The molecule has 0 aliphatic carbocycles. The van der Waals surface area contributed by atoms with Crippen molar-refractivity contribution in [1.82, 2.24) is 0 Å². The number of hydrogen-bond donors (Lipinski definition) is 3. The molecule has 26 heavy (non-hydrogen) atoms. The molecule has 0 fully saturated rings. The second kappa shape index (κ2) is 13.1. The fourth-order valence-electron chi connectivity index (χ4n) is 3.39. The third kappa shape index (κ3) is 10.1. The quantitative estimate of drug-likeness (QED) is 0.373. The molecule has 0 aliphatic rings. The van der Waals surface area contributed by atoms with Crippen molar-refractivity contribution in [2.75, 3.05) is 0 Å². The Labute approximate surface area is 160 Å². The molecule has 0 aliphatic heterocycles. The van der Waals surface area contributed by atoms with Gasteiger partial charge in [0.25, 0.3) is 0 Å². The monoisotopic (exact) mass is 368 g/mol. The average Bonchev–Trinajstić information content (AvgIpc) is 2.58. The lowest BCUT2D eigenvalue weighted by Crippen LogP contribution is -2.34. The molecule has 0 rings (SSSR count). The van der Waals surface area contributed by atoms with Crippen molar-refractivity contribution >= 4 is 5.97 Å². The molecule has 4 heteroatoms. The number of rotatable bonds is 14. The van der Waals surface area contributed by atoms with Crippen LogP contribution in [0.4, 0.5) is 0 Å². The van der Waals surface area contributed by atoms with E-state index in [1.807, 2.05) is 26.8 Å². The molecular formula is C22H40O4. The Hall–Kier alpha value is -1.13. The minimum absolute atomic E-state index is 0.230. The predicted molar refractivity (Wildman–Crippen MR) is 108 cm³/mol. The van der Waals surface area contributed by atoms with Crippen LogP contribution < -0.4 is 0 Å². The van der Waals surface area contributed by atoms with E-state index in [0.29, 0.717) is 25.2 Å². The number of allylic oxidation sites excluding steroid dienone is 3. The van der Waals surface area contributed by atoms with Gasteiger partial charge in [-0.15, -0.1) is 0 Å². The molecule has 0 aromatic heterocycles. The van der Waals surface area contributed by atoms with Gasteiger partial charge in [-0.2, -0.15) is 0 Å². The van der Waals surface area contributed by atoms with Crippen LogP contribution in [-0.2, 0) is 4.79 Å². The molecule has 152 valence electrons. The van der Waals surface area contributed by atoms with Gasteiger partial charge in [0.1, 0.15) is 0 Å². The predicted octanol–water partition coefficient (Wildman–Crippen LogP) is 5.10. The topological polar surface area (TPSA) is 77.8 Å². The molecule has 1 unspecified atom stereocenters. The zero-order valence-corrected chi connectivity index (χ0v) is 17.4. The molecule has 4 nitrogen and oxygen atoms in total. The summed E-state index contributed by atoms with van der Waals surface area (Å²) in [5.74, 6) is -0.766. The van der Waals surface area contributed by atoms with E-state index in [4.69, 9.17) is 5.11 Å². The highest BCUT2D eigenvalue weighted by atomic mass is 16.4. The Morgan fingerprint density at radius 2 is 1.77 bits per heavy atom. The summed E-state index contributed by atoms with van der Waals surface area (Å²) in [7, 11) is 0. The highest BCUT2D eigenvalue weighted by Crippen LogP contribution is 2.30. The van der Waals surface area contributed by atoms with Crippen molar-refractivity contribution < 1.29 is 20.1 Å². The molecule has 0 saturated heterocycles. The van der Waals surface area contributed by atoms with Crippen LogP contribution in [0.3, 0.4) is 0 Å². The van der Waals surface area contributed by atoms with Gasteiger partial charge in [0, 0.05) is 0 Å². The maximum atomic E-state index is 11.0. The SMILES string of the molecule is CCC/C=C/C(CC)C/C(C)=C/[C@@](O)(CC)C[C@@H](CC)[C@H](O)CC(=O)O. The number of aliphatic hydroxyl groups is 2. The molecule has 4 atom stereocenters. The largest absolute Gasteiger partial charge is 0.481 e. The zero-order chi connectivity index (χ0) is 20.2. The lowest BCUT2D eigenvalue weighted by Gasteiger charge is -2.31. The fraction of sp³-hybridized carbons (Fsp3) is 0.773. The van der Waals surface area contributed by atoms with Crippen LogP contribution in [0, 0.1) is 11.8 Å². The minimum atomic E-state index is -1.01. The van der Waals surface area contributed by atoms with Gasteiger partial charge in [0.15, 0.2) is 0 Å². The van der Waals surface area contributed by atoms with Gasteiger partial charge in [-0.05, 0) is 50.9 Å². The molecule has 0 aromatic carbocycles. The second-order valence-corrected chi connectivity index (χ2v) is 7.57. The van der Waals surface area contributed by atoms with Crippen molar-refractivity contribution in [1.29, 1.82) is 0 Å². The number of carboxylic acids is 1. The van der Waals surface area contributed by atoms with Crippen LogP contribution in [0.25, 0.3) is 0 Å². The van der Waals surface area contributed by atoms with E-state index in [1.54, 1.807) is 0 Å². The van der Waals surface area contributed by atoms with E-state index in [9.17, 15) is 15.0 Å². The number of carboxylic acid groups (broad SMARTS) is 1. The first-order valence-corrected chi connectivity index (χ1v) is 10.2. The first-order valence-electron chi connectivity index (χ1n) is 10.2. The van der Waals surface area contributed by atoms with E-state index in [-0.39, 0.29) is 12.3 Å². The highest BCUT2D eigenvalue weighted by molar-refractivity contribution is 5.67. The standard InChI is InChI=1S/C22H40O4/c1-6-10-11-12-18(7-2)13-17(5)15-22(26,9-4)16-19(8-3)20(23)14-21(24)25/h11-12,15,18-20,23,26H,6-10,13-14,16H2,1-5H3,(H,24,25)/b12-11+,17-15+/t18?,19-,20-,22+/m1/s1. The first kappa shape index (κ1) is 24.9. The molecule has 0 bridgehead atoms. The summed E-state index contributed by atoms with van der Waals surface area (Å²) >= 11 is 0. The third-order valence-electron chi connectivity index (χ3n) is 5.17. The van der Waals surface area contributed by atoms with Crippen molar-refractivity contribution in [3.05, 3.63) is 23.8 Å². The van der Waals surface area contributed by atoms with Crippen LogP contribution in [0.5, 0.6) is 0 Å². The van der Waals surface area contributed by atoms with E-state index in [0.717, 1.165) is 31.3 Å². The molecule has 0 amide bonds. The smallest absolute Gasteiger partial charge is 0.305 e. The van der Waals surface area contributed by atoms with Gasteiger partial charge in [-0.3, -0.25) is 4.79 Å². The summed E-state index contributed by atoms with van der Waals surface area (Å²) < 4.78 is 0. The Kier molecular flexibility index (Phi) is 12.5. The summed E-state index contributed by atoms with van der Waals surface area (Å²) in [6.45, 7) is 10.2. The Balaban J connectivity index is 5.07. The summed E-state index contributed by atoms with van der Waals surface area (Å²) in [6, 6.07) is 0. The highest BCUT2D eigenvalue weighted by Gasteiger charge is 2.30. The van der Waals surface area contributed by atoms with Gasteiger partial charge < -0.3 is 15.3 Å². The van der Waals surface area contributed by atoms with Crippen molar-refractivity contribution in [3.63, 3.8) is 0 Å². The summed E-state index contributed by atoms with van der Waals surface area (Å²) in [4.78, 5) is 10.9. The maximum Gasteiger partial charge on any atom is 0.305 e. The number of aliphatic carboxylic acids is 1.